The molecule has 6 heterocycles. The lowest BCUT2D eigenvalue weighted by Crippen LogP contribution is -2.53. The van der Waals surface area contributed by atoms with E-state index >= 15 is 0 Å². The number of ether oxygens (including phenoxy) is 7. The molecule has 8 atom stereocenters. The van der Waals surface area contributed by atoms with Gasteiger partial charge in [0.25, 0.3) is 0 Å². The molecule has 0 radical (unpaired) electrons. The van der Waals surface area contributed by atoms with Crippen LogP contribution in [-0.4, -0.2) is 136 Å². The molecule has 0 unspecified atom stereocenters. The van der Waals surface area contributed by atoms with Crippen molar-refractivity contribution >= 4 is 74.3 Å². The van der Waals surface area contributed by atoms with E-state index in [0.717, 1.165) is 43.4 Å². The molecule has 22 heteroatoms. The second-order valence-corrected chi connectivity index (χ2v) is 25.0. The van der Waals surface area contributed by atoms with Crippen molar-refractivity contribution < 1.29 is 57.1 Å². The molecule has 6 aromatic rings. The average molecular weight is 1200 g/mol. The molecule has 4 aromatic heterocycles. The first-order chi connectivity index (χ1) is 40.5. The van der Waals surface area contributed by atoms with Gasteiger partial charge in [-0.3, -0.25) is 14.5 Å². The van der Waals surface area contributed by atoms with Crippen molar-refractivity contribution in [2.75, 3.05) is 40.5 Å². The Morgan fingerprint density at radius 2 is 1.19 bits per heavy atom. The van der Waals surface area contributed by atoms with Crippen LogP contribution < -0.4 is 34.9 Å². The van der Waals surface area contributed by atoms with E-state index in [4.69, 9.17) is 53.1 Å². The van der Waals surface area contributed by atoms with Crippen LogP contribution in [0, 0.1) is 11.8 Å². The molecule has 2 aliphatic carbocycles. The van der Waals surface area contributed by atoms with Crippen molar-refractivity contribution in [1.29, 1.82) is 0 Å². The number of methoxy groups -OCH3 is 2. The molecule has 0 bridgehead atoms. The number of esters is 2. The number of aromatic nitrogens is 4. The van der Waals surface area contributed by atoms with Crippen molar-refractivity contribution in [3.05, 3.63) is 96.0 Å². The normalized spacial score (nSPS) is 23.1. The molecule has 4 fully saturated rings. The number of nitrogens with one attached hydrogen (secondary N) is 3. The number of benzene rings is 2. The first-order valence-corrected chi connectivity index (χ1v) is 30.5. The summed E-state index contributed by atoms with van der Waals surface area (Å²) in [6, 6.07) is 13.5. The van der Waals surface area contributed by atoms with Gasteiger partial charge in [0, 0.05) is 77.0 Å². The number of hydrogen-bond donors (Lipinski definition) is 3. The van der Waals surface area contributed by atoms with Crippen LogP contribution >= 0.6 is 22.7 Å². The predicted octanol–water partition coefficient (Wildman–Crippen LogP) is 10.1. The van der Waals surface area contributed by atoms with Gasteiger partial charge in [0.15, 0.2) is 0 Å². The quantitative estimate of drug-likeness (QED) is 0.0366. The zero-order chi connectivity index (χ0) is 61.1. The van der Waals surface area contributed by atoms with Crippen LogP contribution in [0.2, 0.25) is 0 Å². The van der Waals surface area contributed by atoms with Crippen LogP contribution in [0.5, 0.6) is 23.0 Å². The maximum absolute atomic E-state index is 13.8. The third kappa shape index (κ3) is 13.6. The minimum atomic E-state index is -1.20. The van der Waals surface area contributed by atoms with E-state index in [0.29, 0.717) is 65.9 Å². The van der Waals surface area contributed by atoms with E-state index in [2.05, 4.69) is 62.2 Å². The van der Waals surface area contributed by atoms with Gasteiger partial charge in [-0.15, -0.1) is 35.8 Å². The van der Waals surface area contributed by atoms with Crippen LogP contribution in [0.25, 0.3) is 43.2 Å². The molecule has 10 rings (SSSR count). The Balaban J connectivity index is 0.000000206. The van der Waals surface area contributed by atoms with Crippen LogP contribution in [0.3, 0.4) is 0 Å². The number of amides is 3. The second-order valence-electron chi connectivity index (χ2n) is 23.3. The van der Waals surface area contributed by atoms with Crippen molar-refractivity contribution in [2.45, 2.75) is 141 Å². The highest BCUT2D eigenvalue weighted by Crippen LogP contribution is 2.47. The SMILES string of the molecule is C=C[C@@H]1C[C@]1(NC(=O)[C@@H]1C[C@@H](Oc2cc(-c3nc(C(C)C)cs3)nc3cc(OC)ccc23)CN1)C(=O)OCC.C=C[C@@H]1C[C@]1(NC(=O)[C@@H]1C[C@@H](Oc2cc(-c3nc(C(C)C)cs3)nc3cc(OC)ccc23)CN1C(=O)OC(C)(C)C)C(=O)OCC. The van der Waals surface area contributed by atoms with E-state index in [1.807, 2.05) is 53.9 Å². The molecule has 20 nitrogen and oxygen atoms in total. The van der Waals surface area contributed by atoms with Gasteiger partial charge in [0.1, 0.15) is 79.3 Å². The lowest BCUT2D eigenvalue weighted by molar-refractivity contribution is -0.149. The molecule has 2 saturated heterocycles. The molecule has 0 spiro atoms. The van der Waals surface area contributed by atoms with Gasteiger partial charge in [-0.1, -0.05) is 39.8 Å². The molecule has 3 amide bonds. The smallest absolute Gasteiger partial charge is 0.411 e. The summed E-state index contributed by atoms with van der Waals surface area (Å²) in [6.07, 6.45) is 3.37. The summed E-state index contributed by atoms with van der Waals surface area (Å²) in [5, 5.41) is 16.3. The number of thiazole rings is 2. The van der Waals surface area contributed by atoms with Crippen molar-refractivity contribution in [2.24, 2.45) is 11.8 Å². The van der Waals surface area contributed by atoms with Gasteiger partial charge in [0.05, 0.1) is 62.4 Å². The summed E-state index contributed by atoms with van der Waals surface area (Å²) in [7, 11) is 3.22. The Morgan fingerprint density at radius 3 is 1.61 bits per heavy atom. The standard InChI is InChI=1S/C34H42N4O7S.C29H34N4O5S/c1-9-20-16-34(20,31(40)43-10-2)37-29(39)27-14-22(17-38(27)32(41)45-33(5,6)7)44-28-15-25(30-36-26(18-46-30)19(3)4)35-24-13-21(42-8)11-12-23(24)28;1-6-17-13-29(17,28(35)37-7-2)33-26(34)22-11-19(14-30-22)38-25-12-23(27-32-24(15-39-27)16(3)4)31-21-10-18(36-5)8-9-20(21)25/h9,11-13,15,18-20,22,27H,1,10,14,16-17H2,2-8H3,(H,37,39);6,8-10,12,15-17,19,22,30H,1,7,11,13-14H2,2-5H3,(H,33,34)/t20-,22-,27+,34-;17-,19-,22+,29-/m11/s1. The molecule has 3 N–H and O–H groups in total. The zero-order valence-corrected chi connectivity index (χ0v) is 51.7. The van der Waals surface area contributed by atoms with Gasteiger partial charge >= 0.3 is 18.0 Å². The van der Waals surface area contributed by atoms with Crippen molar-refractivity contribution in [3.8, 4) is 44.4 Å². The van der Waals surface area contributed by atoms with E-state index in [1.54, 1.807) is 72.3 Å². The highest BCUT2D eigenvalue weighted by Gasteiger charge is 2.63. The Bertz CT molecular complexity index is 3510. The summed E-state index contributed by atoms with van der Waals surface area (Å²) >= 11 is 3.06. The van der Waals surface area contributed by atoms with Crippen molar-refractivity contribution in [1.82, 2.24) is 40.8 Å². The lowest BCUT2D eigenvalue weighted by atomic mass is 10.1. The molecule has 452 valence electrons. The summed E-state index contributed by atoms with van der Waals surface area (Å²) < 4.78 is 40.1. The summed E-state index contributed by atoms with van der Waals surface area (Å²) in [6.45, 7) is 25.8. The third-order valence-corrected chi connectivity index (χ3v) is 17.1. The fourth-order valence-electron chi connectivity index (χ4n) is 10.5. The van der Waals surface area contributed by atoms with E-state index < -0.39 is 58.8 Å². The van der Waals surface area contributed by atoms with Crippen LogP contribution in [0.1, 0.15) is 111 Å². The number of hydrogen-bond acceptors (Lipinski definition) is 19. The molecule has 4 aliphatic rings. The Hall–Kier alpha value is -7.69. The minimum absolute atomic E-state index is 0.0916. The largest absolute Gasteiger partial charge is 0.497 e. The monoisotopic (exact) mass is 1200 g/mol. The predicted molar refractivity (Wildman–Crippen MR) is 325 cm³/mol. The maximum atomic E-state index is 13.8. The Labute approximate surface area is 503 Å². The lowest BCUT2D eigenvalue weighted by Gasteiger charge is -2.28. The number of carbonyl (C=O) groups excluding carboxylic acids is 5. The molecular formula is C63H76N8O12S2. The molecule has 2 aliphatic heterocycles. The van der Waals surface area contributed by atoms with Crippen molar-refractivity contribution in [3.63, 3.8) is 0 Å². The highest BCUT2D eigenvalue weighted by molar-refractivity contribution is 7.13. The van der Waals surface area contributed by atoms with Gasteiger partial charge in [-0.25, -0.2) is 34.3 Å². The fraction of sp³-hybridized carbons (Fsp3) is 0.476. The fourth-order valence-corrected chi connectivity index (χ4v) is 12.4. The summed E-state index contributed by atoms with van der Waals surface area (Å²) in [4.78, 5) is 86.5. The van der Waals surface area contributed by atoms with E-state index in [1.165, 1.54) is 16.2 Å². The third-order valence-electron chi connectivity index (χ3n) is 15.4. The molecule has 85 heavy (non-hydrogen) atoms. The van der Waals surface area contributed by atoms with Crippen LogP contribution in [-0.2, 0) is 33.4 Å². The van der Waals surface area contributed by atoms with Gasteiger partial charge in [0.2, 0.25) is 11.8 Å². The average Bonchev–Trinajstić information content (AvgIpc) is 3.28. The first kappa shape index (κ1) is 61.9. The molecule has 2 aromatic carbocycles. The maximum Gasteiger partial charge on any atom is 0.411 e. The summed E-state index contributed by atoms with van der Waals surface area (Å²) in [5.74, 6) is 1.09. The number of rotatable bonds is 20. The van der Waals surface area contributed by atoms with Crippen LogP contribution in [0.15, 0.2) is 84.6 Å². The number of likely N-dealkylation sites (tertiary alicyclic amines) is 1. The molecular weight excluding hydrogens is 1120 g/mol. The first-order valence-electron chi connectivity index (χ1n) is 28.7. The molecule has 2 saturated carbocycles. The number of nitrogens with zero attached hydrogens (tertiary/aromatic N) is 5. The Kier molecular flexibility index (Phi) is 18.5. The van der Waals surface area contributed by atoms with Gasteiger partial charge < -0.3 is 49.1 Å². The van der Waals surface area contributed by atoms with Crippen LogP contribution in [0.4, 0.5) is 4.79 Å². The highest BCUT2D eigenvalue weighted by atomic mass is 32.1. The van der Waals surface area contributed by atoms with E-state index in [-0.39, 0.29) is 55.9 Å². The van der Waals surface area contributed by atoms with E-state index in [9.17, 15) is 24.0 Å². The second kappa shape index (κ2) is 25.5. The van der Waals surface area contributed by atoms with Gasteiger partial charge in [-0.05, 0) is 83.6 Å². The number of pyridine rings is 2. The number of carbonyl (C=O) groups is 5. The summed E-state index contributed by atoms with van der Waals surface area (Å²) in [5.41, 5.74) is 1.75. The Morgan fingerprint density at radius 1 is 0.706 bits per heavy atom. The number of fused-ring (bicyclic) bond motifs is 2. The zero-order valence-electron chi connectivity index (χ0n) is 50.1. The topological polar surface area (TPSA) is 241 Å². The van der Waals surface area contributed by atoms with Gasteiger partial charge in [-0.2, -0.15) is 0 Å². The minimum Gasteiger partial charge on any atom is -0.497 e.